The first-order valence-corrected chi connectivity index (χ1v) is 9.53. The Morgan fingerprint density at radius 2 is 1.42 bits per heavy atom. The van der Waals surface area contributed by atoms with Gasteiger partial charge in [-0.15, -0.1) is 11.8 Å². The number of nitrogens with zero attached hydrogens (tertiary/aromatic N) is 1. The molecule has 33 heavy (non-hydrogen) atoms. The third kappa shape index (κ3) is 6.90. The van der Waals surface area contributed by atoms with Crippen molar-refractivity contribution in [1.29, 1.82) is 0 Å². The van der Waals surface area contributed by atoms with E-state index in [0.717, 1.165) is 0 Å². The highest BCUT2D eigenvalue weighted by atomic mass is 35.5. The van der Waals surface area contributed by atoms with Crippen molar-refractivity contribution in [3.63, 3.8) is 0 Å². The van der Waals surface area contributed by atoms with Gasteiger partial charge >= 0.3 is 18.5 Å². The molecule has 2 aromatic carbocycles. The molecule has 0 atom stereocenters. The van der Waals surface area contributed by atoms with Crippen molar-refractivity contribution in [3.05, 3.63) is 62.2 Å². The molecule has 1 N–H and O–H groups in total. The molecule has 2 aromatic rings. The Kier molecular flexibility index (Phi) is 7.48. The van der Waals surface area contributed by atoms with E-state index in [1.165, 1.54) is 0 Å². The second-order valence-corrected chi connectivity index (χ2v) is 7.61. The number of hydrogen-bond acceptors (Lipinski definition) is 4. The van der Waals surface area contributed by atoms with Gasteiger partial charge in [0.25, 0.3) is 5.69 Å². The van der Waals surface area contributed by atoms with Crippen molar-refractivity contribution in [3.8, 4) is 0 Å². The van der Waals surface area contributed by atoms with Crippen molar-refractivity contribution < 1.29 is 49.2 Å². The van der Waals surface area contributed by atoms with Gasteiger partial charge < -0.3 is 5.32 Å². The summed E-state index contributed by atoms with van der Waals surface area (Å²) in [4.78, 5) is 21.5. The van der Waals surface area contributed by atoms with Crippen LogP contribution in [0.1, 0.15) is 16.7 Å². The molecule has 0 aliphatic rings. The van der Waals surface area contributed by atoms with Crippen molar-refractivity contribution in [1.82, 2.24) is 0 Å². The Labute approximate surface area is 187 Å². The van der Waals surface area contributed by atoms with Crippen LogP contribution in [0, 0.1) is 10.1 Å². The van der Waals surface area contributed by atoms with E-state index in [4.69, 9.17) is 11.6 Å². The number of rotatable bonds is 5. The first kappa shape index (κ1) is 26.6. The molecule has 0 bridgehead atoms. The standard InChI is InChI=1S/C17H8ClF9N2O3S/c18-11-5-13(12(29(31)32)4-10(11)17(25,26)27)33-6-14(30)28-9-2-7(15(19,20)21)1-8(3-9)16(22,23)24/h1-5H,6H2,(H,28,30). The SMILES string of the molecule is O=C(CSc1cc(Cl)c(C(F)(F)F)cc1[N+](=O)[O-])Nc1cc(C(F)(F)F)cc(C(F)(F)F)c1. The molecule has 0 aromatic heterocycles. The highest BCUT2D eigenvalue weighted by molar-refractivity contribution is 8.00. The van der Waals surface area contributed by atoms with Crippen LogP contribution in [0.15, 0.2) is 35.2 Å². The summed E-state index contributed by atoms with van der Waals surface area (Å²) < 4.78 is 116. The van der Waals surface area contributed by atoms with Crippen LogP contribution in [0.5, 0.6) is 0 Å². The quantitative estimate of drug-likeness (QED) is 0.196. The molecule has 1 amide bonds. The molecular formula is C17H8ClF9N2O3S. The second kappa shape index (κ2) is 9.29. The molecule has 0 unspecified atom stereocenters. The average molecular weight is 527 g/mol. The van der Waals surface area contributed by atoms with E-state index in [2.05, 4.69) is 0 Å². The van der Waals surface area contributed by atoms with E-state index in [1.807, 2.05) is 0 Å². The molecule has 0 saturated heterocycles. The van der Waals surface area contributed by atoms with E-state index in [9.17, 15) is 54.4 Å². The fourth-order valence-electron chi connectivity index (χ4n) is 2.39. The first-order chi connectivity index (χ1) is 14.9. The number of nitrogens with one attached hydrogen (secondary N) is 1. The zero-order chi connectivity index (χ0) is 25.4. The molecule has 0 aliphatic carbocycles. The highest BCUT2D eigenvalue weighted by Crippen LogP contribution is 2.41. The molecule has 5 nitrogen and oxygen atoms in total. The predicted molar refractivity (Wildman–Crippen MR) is 98.9 cm³/mol. The monoisotopic (exact) mass is 526 g/mol. The summed E-state index contributed by atoms with van der Waals surface area (Å²) in [6, 6.07) is 1.06. The zero-order valence-electron chi connectivity index (χ0n) is 15.5. The van der Waals surface area contributed by atoms with Gasteiger partial charge in [-0.25, -0.2) is 0 Å². The summed E-state index contributed by atoms with van der Waals surface area (Å²) in [6.07, 6.45) is -15.3. The van der Waals surface area contributed by atoms with Gasteiger partial charge in [0, 0.05) is 11.8 Å². The zero-order valence-corrected chi connectivity index (χ0v) is 17.0. The lowest BCUT2D eigenvalue weighted by molar-refractivity contribution is -0.388. The van der Waals surface area contributed by atoms with Crippen LogP contribution in [0.25, 0.3) is 0 Å². The molecule has 0 radical (unpaired) electrons. The molecule has 0 fully saturated rings. The first-order valence-electron chi connectivity index (χ1n) is 8.17. The number of carbonyl (C=O) groups is 1. The summed E-state index contributed by atoms with van der Waals surface area (Å²) >= 11 is 5.79. The number of amides is 1. The number of alkyl halides is 9. The number of hydrogen-bond donors (Lipinski definition) is 1. The normalized spacial score (nSPS) is 12.5. The van der Waals surface area contributed by atoms with E-state index < -0.39 is 73.1 Å². The molecule has 0 aliphatic heterocycles. The predicted octanol–water partition coefficient (Wildman–Crippen LogP) is 7.04. The Morgan fingerprint density at radius 3 is 1.85 bits per heavy atom. The molecule has 0 heterocycles. The van der Waals surface area contributed by atoms with Gasteiger partial charge in [0.15, 0.2) is 0 Å². The topological polar surface area (TPSA) is 72.2 Å². The lowest BCUT2D eigenvalue weighted by Gasteiger charge is -2.15. The summed E-state index contributed by atoms with van der Waals surface area (Å²) in [7, 11) is 0. The number of carbonyl (C=O) groups excluding carboxylic acids is 1. The number of anilines is 1. The van der Waals surface area contributed by atoms with Crippen LogP contribution in [0.3, 0.4) is 0 Å². The molecule has 0 spiro atoms. The second-order valence-electron chi connectivity index (χ2n) is 6.19. The van der Waals surface area contributed by atoms with Gasteiger partial charge in [0.1, 0.15) is 0 Å². The minimum Gasteiger partial charge on any atom is -0.325 e. The third-order valence-corrected chi connectivity index (χ3v) is 5.14. The van der Waals surface area contributed by atoms with E-state index in [0.29, 0.717) is 17.8 Å². The van der Waals surface area contributed by atoms with Crippen LogP contribution >= 0.6 is 23.4 Å². The van der Waals surface area contributed by atoms with Crippen LogP contribution in [-0.2, 0) is 23.3 Å². The number of thioether (sulfide) groups is 1. The van der Waals surface area contributed by atoms with Gasteiger partial charge in [0.05, 0.1) is 37.3 Å². The highest BCUT2D eigenvalue weighted by Gasteiger charge is 2.38. The Balaban J connectivity index is 2.28. The minimum atomic E-state index is -5.16. The number of halogens is 10. The maximum atomic E-state index is 12.9. The van der Waals surface area contributed by atoms with Gasteiger partial charge in [-0.05, 0) is 24.3 Å². The largest absolute Gasteiger partial charge is 0.418 e. The summed E-state index contributed by atoms with van der Waals surface area (Å²) in [5.41, 5.74) is -6.80. The van der Waals surface area contributed by atoms with Crippen LogP contribution in [0.4, 0.5) is 50.9 Å². The molecule has 180 valence electrons. The van der Waals surface area contributed by atoms with E-state index in [-0.39, 0.29) is 24.3 Å². The van der Waals surface area contributed by atoms with Gasteiger partial charge in [-0.2, -0.15) is 39.5 Å². The number of benzene rings is 2. The average Bonchev–Trinajstić information content (AvgIpc) is 2.63. The summed E-state index contributed by atoms with van der Waals surface area (Å²) in [5.74, 6) is -1.99. The molecular weight excluding hydrogens is 519 g/mol. The Morgan fingerprint density at radius 1 is 0.909 bits per heavy atom. The van der Waals surface area contributed by atoms with E-state index in [1.54, 1.807) is 5.32 Å². The van der Waals surface area contributed by atoms with Crippen molar-refractivity contribution in [2.75, 3.05) is 11.1 Å². The van der Waals surface area contributed by atoms with Crippen molar-refractivity contribution in [2.24, 2.45) is 0 Å². The fourth-order valence-corrected chi connectivity index (χ4v) is 3.56. The van der Waals surface area contributed by atoms with E-state index >= 15 is 0 Å². The van der Waals surface area contributed by atoms with Crippen LogP contribution in [-0.4, -0.2) is 16.6 Å². The Hall–Kier alpha value is -2.68. The Bertz CT molecular complexity index is 1050. The van der Waals surface area contributed by atoms with Crippen LogP contribution in [0.2, 0.25) is 5.02 Å². The van der Waals surface area contributed by atoms with Gasteiger partial charge in [0.2, 0.25) is 5.91 Å². The lowest BCUT2D eigenvalue weighted by atomic mass is 10.1. The smallest absolute Gasteiger partial charge is 0.325 e. The summed E-state index contributed by atoms with van der Waals surface area (Å²) in [5, 5.41) is 12.0. The third-order valence-electron chi connectivity index (χ3n) is 3.78. The fraction of sp³-hybridized carbons (Fsp3) is 0.235. The molecule has 16 heteroatoms. The molecule has 0 saturated carbocycles. The number of nitro benzene ring substituents is 1. The van der Waals surface area contributed by atoms with Gasteiger partial charge in [-0.3, -0.25) is 14.9 Å². The minimum absolute atomic E-state index is 0.144. The van der Waals surface area contributed by atoms with Crippen molar-refractivity contribution in [2.45, 2.75) is 23.4 Å². The van der Waals surface area contributed by atoms with Crippen LogP contribution < -0.4 is 5.32 Å². The van der Waals surface area contributed by atoms with Gasteiger partial charge in [-0.1, -0.05) is 11.6 Å². The maximum Gasteiger partial charge on any atom is 0.418 e. The summed E-state index contributed by atoms with van der Waals surface area (Å²) in [6.45, 7) is 0. The van der Waals surface area contributed by atoms with Crippen molar-refractivity contribution >= 4 is 40.6 Å². The maximum absolute atomic E-state index is 12.9. The number of nitro groups is 1. The molecule has 2 rings (SSSR count). The lowest BCUT2D eigenvalue weighted by Crippen LogP contribution is -2.17.